The van der Waals surface area contributed by atoms with Crippen LogP contribution in [0.2, 0.25) is 0 Å². The molecule has 0 aliphatic heterocycles. The smallest absolute Gasteiger partial charge is 0.228 e. The van der Waals surface area contributed by atoms with Gasteiger partial charge < -0.3 is 9.84 Å². The fourth-order valence-electron chi connectivity index (χ4n) is 1.33. The molecule has 0 aromatic carbocycles. The first-order valence-corrected chi connectivity index (χ1v) is 4.12. The fraction of sp³-hybridized carbons (Fsp3) is 0.375. The zero-order valence-corrected chi connectivity index (χ0v) is 7.90. The quantitative estimate of drug-likeness (QED) is 0.711. The van der Waals surface area contributed by atoms with Crippen molar-refractivity contribution in [3.8, 4) is 5.88 Å². The Labute approximate surface area is 80.0 Å². The van der Waals surface area contributed by atoms with E-state index in [0.717, 1.165) is 0 Å². The van der Waals surface area contributed by atoms with Crippen molar-refractivity contribution in [3.63, 3.8) is 0 Å². The van der Waals surface area contributed by atoms with Crippen molar-refractivity contribution in [1.29, 1.82) is 0 Å². The van der Waals surface area contributed by atoms with Gasteiger partial charge in [-0.3, -0.25) is 5.10 Å². The van der Waals surface area contributed by atoms with Crippen LogP contribution in [0.5, 0.6) is 5.88 Å². The summed E-state index contributed by atoms with van der Waals surface area (Å²) in [5.74, 6) is 1.03. The summed E-state index contributed by atoms with van der Waals surface area (Å²) in [6.07, 6.45) is 0. The van der Waals surface area contributed by atoms with E-state index in [1.807, 2.05) is 0 Å². The molecule has 2 aromatic heterocycles. The van der Waals surface area contributed by atoms with Crippen molar-refractivity contribution in [2.45, 2.75) is 13.5 Å². The number of hydrogen-bond donors (Lipinski definition) is 2. The van der Waals surface area contributed by atoms with E-state index in [1.54, 1.807) is 6.92 Å². The van der Waals surface area contributed by atoms with Crippen LogP contribution in [0.15, 0.2) is 0 Å². The van der Waals surface area contributed by atoms with E-state index in [9.17, 15) is 0 Å². The van der Waals surface area contributed by atoms with Crippen molar-refractivity contribution in [2.75, 3.05) is 7.11 Å². The maximum atomic E-state index is 9.02. The number of hydrogen-bond acceptors (Lipinski definition) is 5. The van der Waals surface area contributed by atoms with Gasteiger partial charge in [0.25, 0.3) is 0 Å². The SMILES string of the molecule is COc1nc(C)nc2[nH]nc(CO)c12. The number of aliphatic hydroxyl groups is 1. The highest BCUT2D eigenvalue weighted by Gasteiger charge is 2.13. The normalized spacial score (nSPS) is 10.8. The van der Waals surface area contributed by atoms with Gasteiger partial charge in [-0.15, -0.1) is 0 Å². The van der Waals surface area contributed by atoms with Gasteiger partial charge >= 0.3 is 0 Å². The molecule has 0 amide bonds. The lowest BCUT2D eigenvalue weighted by molar-refractivity contribution is 0.277. The fourth-order valence-corrected chi connectivity index (χ4v) is 1.33. The molecule has 14 heavy (non-hydrogen) atoms. The zero-order chi connectivity index (χ0) is 10.1. The highest BCUT2D eigenvalue weighted by atomic mass is 16.5. The molecule has 0 radical (unpaired) electrons. The summed E-state index contributed by atoms with van der Waals surface area (Å²) in [4.78, 5) is 8.23. The second-order valence-electron chi connectivity index (χ2n) is 2.83. The summed E-state index contributed by atoms with van der Waals surface area (Å²) < 4.78 is 5.09. The third kappa shape index (κ3) is 1.20. The predicted molar refractivity (Wildman–Crippen MR) is 48.9 cm³/mol. The maximum absolute atomic E-state index is 9.02. The topological polar surface area (TPSA) is 83.9 Å². The first kappa shape index (κ1) is 8.89. The molecule has 0 spiro atoms. The molecule has 0 saturated carbocycles. The van der Waals surface area contributed by atoms with Crippen molar-refractivity contribution in [2.24, 2.45) is 0 Å². The second kappa shape index (κ2) is 3.22. The van der Waals surface area contributed by atoms with Crippen LogP contribution in [0.3, 0.4) is 0 Å². The molecule has 2 heterocycles. The van der Waals surface area contributed by atoms with Crippen LogP contribution in [0.1, 0.15) is 11.5 Å². The Morgan fingerprint density at radius 2 is 2.21 bits per heavy atom. The van der Waals surface area contributed by atoms with Gasteiger partial charge in [0, 0.05) is 0 Å². The van der Waals surface area contributed by atoms with Gasteiger partial charge in [0.15, 0.2) is 5.65 Å². The molecule has 6 heteroatoms. The average molecular weight is 194 g/mol. The van der Waals surface area contributed by atoms with Crippen LogP contribution in [-0.2, 0) is 6.61 Å². The highest BCUT2D eigenvalue weighted by molar-refractivity contribution is 5.82. The molecule has 0 aliphatic carbocycles. The molecule has 0 fully saturated rings. The lowest BCUT2D eigenvalue weighted by atomic mass is 10.3. The number of rotatable bonds is 2. The van der Waals surface area contributed by atoms with Gasteiger partial charge in [0.2, 0.25) is 5.88 Å². The number of H-pyrrole nitrogens is 1. The summed E-state index contributed by atoms with van der Waals surface area (Å²) in [6.45, 7) is 1.60. The maximum Gasteiger partial charge on any atom is 0.228 e. The van der Waals surface area contributed by atoms with Crippen LogP contribution < -0.4 is 4.74 Å². The van der Waals surface area contributed by atoms with E-state index in [2.05, 4.69) is 20.2 Å². The lowest BCUT2D eigenvalue weighted by Crippen LogP contribution is -1.95. The number of nitrogens with one attached hydrogen (secondary N) is 1. The highest BCUT2D eigenvalue weighted by Crippen LogP contribution is 2.23. The molecule has 0 unspecified atom stereocenters. The number of aryl methyl sites for hydroxylation is 1. The third-order valence-corrected chi connectivity index (χ3v) is 1.92. The summed E-state index contributed by atoms with van der Waals surface area (Å²) in [5.41, 5.74) is 1.08. The van der Waals surface area contributed by atoms with E-state index in [4.69, 9.17) is 9.84 Å². The Bertz CT molecular complexity index is 466. The van der Waals surface area contributed by atoms with E-state index in [1.165, 1.54) is 7.11 Å². The van der Waals surface area contributed by atoms with E-state index < -0.39 is 0 Å². The molecule has 0 saturated heterocycles. The Morgan fingerprint density at radius 1 is 1.43 bits per heavy atom. The van der Waals surface area contributed by atoms with E-state index >= 15 is 0 Å². The van der Waals surface area contributed by atoms with E-state index in [0.29, 0.717) is 28.4 Å². The average Bonchev–Trinajstić information content (AvgIpc) is 2.59. The summed E-state index contributed by atoms with van der Waals surface area (Å²) in [7, 11) is 1.52. The number of ether oxygens (including phenoxy) is 1. The van der Waals surface area contributed by atoms with Gasteiger partial charge in [-0.05, 0) is 6.92 Å². The van der Waals surface area contributed by atoms with Crippen LogP contribution in [0.25, 0.3) is 11.0 Å². The van der Waals surface area contributed by atoms with Gasteiger partial charge in [-0.25, -0.2) is 4.98 Å². The number of aromatic amines is 1. The van der Waals surface area contributed by atoms with Crippen LogP contribution in [0.4, 0.5) is 0 Å². The Morgan fingerprint density at radius 3 is 2.86 bits per heavy atom. The Balaban J connectivity index is 2.78. The monoisotopic (exact) mass is 194 g/mol. The molecule has 0 aliphatic rings. The van der Waals surface area contributed by atoms with Gasteiger partial charge in [-0.1, -0.05) is 0 Å². The number of aliphatic hydroxyl groups excluding tert-OH is 1. The van der Waals surface area contributed by atoms with Crippen molar-refractivity contribution < 1.29 is 9.84 Å². The zero-order valence-electron chi connectivity index (χ0n) is 7.90. The van der Waals surface area contributed by atoms with Crippen molar-refractivity contribution in [1.82, 2.24) is 20.2 Å². The molecule has 2 N–H and O–H groups in total. The summed E-state index contributed by atoms with van der Waals surface area (Å²) >= 11 is 0. The number of nitrogens with zero attached hydrogens (tertiary/aromatic N) is 3. The number of methoxy groups -OCH3 is 1. The van der Waals surface area contributed by atoms with Crippen LogP contribution >= 0.6 is 0 Å². The minimum atomic E-state index is -0.164. The predicted octanol–water partition coefficient (Wildman–Crippen LogP) is 0.162. The largest absolute Gasteiger partial charge is 0.480 e. The molecule has 2 aromatic rings. The molecule has 2 rings (SSSR count). The molecule has 0 atom stereocenters. The number of aromatic nitrogens is 4. The minimum Gasteiger partial charge on any atom is -0.480 e. The van der Waals surface area contributed by atoms with Crippen molar-refractivity contribution >= 4 is 11.0 Å². The Hall–Kier alpha value is -1.69. The number of fused-ring (bicyclic) bond motifs is 1. The molecule has 6 nitrogen and oxygen atoms in total. The summed E-state index contributed by atoms with van der Waals surface area (Å²) in [6, 6.07) is 0. The van der Waals surface area contributed by atoms with E-state index in [-0.39, 0.29) is 6.61 Å². The second-order valence-corrected chi connectivity index (χ2v) is 2.83. The Kier molecular flexibility index (Phi) is 2.05. The molecular weight excluding hydrogens is 184 g/mol. The van der Waals surface area contributed by atoms with Gasteiger partial charge in [0.1, 0.15) is 16.9 Å². The third-order valence-electron chi connectivity index (χ3n) is 1.92. The first-order valence-electron chi connectivity index (χ1n) is 4.12. The standard InChI is InChI=1S/C8H10N4O2/c1-4-9-7-6(8(10-4)14-2)5(3-13)11-12-7/h13H,3H2,1-2H3,(H,9,10,11,12). The van der Waals surface area contributed by atoms with Gasteiger partial charge in [0.05, 0.1) is 13.7 Å². The first-order chi connectivity index (χ1) is 6.76. The van der Waals surface area contributed by atoms with Crippen LogP contribution in [0, 0.1) is 6.92 Å². The van der Waals surface area contributed by atoms with Gasteiger partial charge in [-0.2, -0.15) is 10.1 Å². The molecular formula is C8H10N4O2. The minimum absolute atomic E-state index is 0.164. The lowest BCUT2D eigenvalue weighted by Gasteiger charge is -2.01. The molecule has 74 valence electrons. The van der Waals surface area contributed by atoms with Crippen LogP contribution in [-0.4, -0.2) is 32.4 Å². The molecule has 0 bridgehead atoms. The van der Waals surface area contributed by atoms with Crippen molar-refractivity contribution in [3.05, 3.63) is 11.5 Å². The summed E-state index contributed by atoms with van der Waals surface area (Å²) in [5, 5.41) is 16.3.